The molecule has 27 heavy (non-hydrogen) atoms. The molecular weight excluding hydrogens is 381 g/mol. The number of carbonyl (C=O) groups excluding carboxylic acids is 1. The van der Waals surface area contributed by atoms with Gasteiger partial charge in [0.25, 0.3) is 0 Å². The number of fused-ring (bicyclic) bond motifs is 1. The summed E-state index contributed by atoms with van der Waals surface area (Å²) in [4.78, 5) is 12.5. The highest BCUT2D eigenvalue weighted by atomic mass is 35.5. The molecule has 3 aromatic rings. The molecule has 0 aliphatic carbocycles. The predicted octanol–water partition coefficient (Wildman–Crippen LogP) is 6.25. The van der Waals surface area contributed by atoms with E-state index in [0.29, 0.717) is 27.6 Å². The molecule has 5 heteroatoms. The average molecular weight is 402 g/mol. The van der Waals surface area contributed by atoms with Gasteiger partial charge >= 0.3 is 0 Å². The van der Waals surface area contributed by atoms with E-state index in [-0.39, 0.29) is 11.7 Å². The van der Waals surface area contributed by atoms with Crippen molar-refractivity contribution in [2.24, 2.45) is 0 Å². The normalized spacial score (nSPS) is 12.1. The molecule has 0 saturated carbocycles. The van der Waals surface area contributed by atoms with E-state index in [4.69, 9.17) is 23.2 Å². The Kier molecular flexibility index (Phi) is 6.25. The highest BCUT2D eigenvalue weighted by Gasteiger charge is 2.24. The van der Waals surface area contributed by atoms with Crippen molar-refractivity contribution < 1.29 is 9.90 Å². The Morgan fingerprint density at radius 2 is 1.89 bits per heavy atom. The van der Waals surface area contributed by atoms with Crippen LogP contribution in [0.1, 0.15) is 43.4 Å². The predicted molar refractivity (Wildman–Crippen MR) is 112 cm³/mol. The second-order valence-corrected chi connectivity index (χ2v) is 7.33. The van der Waals surface area contributed by atoms with Crippen LogP contribution in [0.4, 0.5) is 0 Å². The van der Waals surface area contributed by atoms with Gasteiger partial charge in [-0.1, -0.05) is 72.9 Å². The van der Waals surface area contributed by atoms with Gasteiger partial charge in [0.2, 0.25) is 5.91 Å². The standard InChI is InChI=1S/C22H21Cl2NO2/c1-2-3-8-20(27)25-22(17-11-10-15(23)13-18(17)24)21-16-7-5-4-6-14(16)9-12-19(21)26/h4-7,9-13,22,26H,2-3,8H2,1H3,(H,25,27). The summed E-state index contributed by atoms with van der Waals surface area (Å²) in [6.45, 7) is 2.04. The van der Waals surface area contributed by atoms with Crippen LogP contribution in [0.5, 0.6) is 5.75 Å². The Morgan fingerprint density at radius 3 is 2.63 bits per heavy atom. The van der Waals surface area contributed by atoms with Gasteiger partial charge in [0, 0.05) is 22.0 Å². The van der Waals surface area contributed by atoms with Gasteiger partial charge in [-0.15, -0.1) is 0 Å². The minimum absolute atomic E-state index is 0.0831. The van der Waals surface area contributed by atoms with Crippen LogP contribution < -0.4 is 5.32 Å². The molecule has 1 amide bonds. The lowest BCUT2D eigenvalue weighted by molar-refractivity contribution is -0.121. The molecule has 1 unspecified atom stereocenters. The van der Waals surface area contributed by atoms with Crippen LogP contribution in [0.15, 0.2) is 54.6 Å². The molecule has 0 aromatic heterocycles. The summed E-state index contributed by atoms with van der Waals surface area (Å²) < 4.78 is 0. The van der Waals surface area contributed by atoms with E-state index in [9.17, 15) is 9.90 Å². The molecule has 3 rings (SSSR count). The molecule has 140 valence electrons. The summed E-state index contributed by atoms with van der Waals surface area (Å²) in [5.41, 5.74) is 1.32. The van der Waals surface area contributed by atoms with Crippen molar-refractivity contribution >= 4 is 39.9 Å². The number of hydrogen-bond donors (Lipinski definition) is 2. The third kappa shape index (κ3) is 4.37. The van der Waals surface area contributed by atoms with E-state index in [1.54, 1.807) is 24.3 Å². The number of phenols is 1. The van der Waals surface area contributed by atoms with Crippen molar-refractivity contribution in [1.82, 2.24) is 5.32 Å². The van der Waals surface area contributed by atoms with E-state index in [1.165, 1.54) is 0 Å². The third-order valence-corrected chi connectivity index (χ3v) is 5.13. The zero-order valence-electron chi connectivity index (χ0n) is 15.0. The highest BCUT2D eigenvalue weighted by molar-refractivity contribution is 6.35. The van der Waals surface area contributed by atoms with Gasteiger partial charge in [0.1, 0.15) is 5.75 Å². The van der Waals surface area contributed by atoms with Gasteiger partial charge in [-0.3, -0.25) is 4.79 Å². The summed E-state index contributed by atoms with van der Waals surface area (Å²) in [6.07, 6.45) is 2.15. The molecule has 0 radical (unpaired) electrons. The summed E-state index contributed by atoms with van der Waals surface area (Å²) in [5, 5.41) is 16.5. The maximum absolute atomic E-state index is 12.5. The summed E-state index contributed by atoms with van der Waals surface area (Å²) in [5.74, 6) is 0.0284. The van der Waals surface area contributed by atoms with E-state index in [1.807, 2.05) is 37.3 Å². The van der Waals surface area contributed by atoms with Crippen LogP contribution in [-0.4, -0.2) is 11.0 Å². The molecule has 0 saturated heterocycles. The summed E-state index contributed by atoms with van der Waals surface area (Å²) in [7, 11) is 0. The Hall–Kier alpha value is -2.23. The number of halogens is 2. The lowest BCUT2D eigenvalue weighted by atomic mass is 9.92. The van der Waals surface area contributed by atoms with Crippen LogP contribution in [0.25, 0.3) is 10.8 Å². The molecule has 2 N–H and O–H groups in total. The maximum Gasteiger partial charge on any atom is 0.220 e. The molecule has 1 atom stereocenters. The molecule has 0 heterocycles. The van der Waals surface area contributed by atoms with Crippen LogP contribution in [-0.2, 0) is 4.79 Å². The number of carbonyl (C=O) groups is 1. The third-order valence-electron chi connectivity index (χ3n) is 4.57. The van der Waals surface area contributed by atoms with Gasteiger partial charge < -0.3 is 10.4 Å². The van der Waals surface area contributed by atoms with E-state index in [0.717, 1.165) is 23.6 Å². The van der Waals surface area contributed by atoms with Gasteiger partial charge in [-0.25, -0.2) is 0 Å². The van der Waals surface area contributed by atoms with Crippen molar-refractivity contribution in [3.63, 3.8) is 0 Å². The summed E-state index contributed by atoms with van der Waals surface area (Å²) in [6, 6.07) is 15.8. The Morgan fingerprint density at radius 1 is 1.11 bits per heavy atom. The lowest BCUT2D eigenvalue weighted by Crippen LogP contribution is -2.29. The van der Waals surface area contributed by atoms with Crippen molar-refractivity contribution in [3.05, 3.63) is 75.8 Å². The number of nitrogens with one attached hydrogen (secondary N) is 1. The van der Waals surface area contributed by atoms with Gasteiger partial charge in [-0.2, -0.15) is 0 Å². The van der Waals surface area contributed by atoms with Crippen LogP contribution in [0.3, 0.4) is 0 Å². The average Bonchev–Trinajstić information content (AvgIpc) is 2.65. The topological polar surface area (TPSA) is 49.3 Å². The monoisotopic (exact) mass is 401 g/mol. The minimum Gasteiger partial charge on any atom is -0.508 e. The Balaban J connectivity index is 2.15. The zero-order chi connectivity index (χ0) is 19.4. The SMILES string of the molecule is CCCCC(=O)NC(c1ccc(Cl)cc1Cl)c1c(O)ccc2ccccc12. The summed E-state index contributed by atoms with van der Waals surface area (Å²) >= 11 is 12.5. The van der Waals surface area contributed by atoms with Gasteiger partial charge in [0.15, 0.2) is 0 Å². The second-order valence-electron chi connectivity index (χ2n) is 6.49. The van der Waals surface area contributed by atoms with Crippen molar-refractivity contribution in [2.75, 3.05) is 0 Å². The smallest absolute Gasteiger partial charge is 0.220 e. The van der Waals surface area contributed by atoms with Gasteiger partial charge in [0.05, 0.1) is 6.04 Å². The fourth-order valence-corrected chi connectivity index (χ4v) is 3.72. The van der Waals surface area contributed by atoms with Crippen molar-refractivity contribution in [3.8, 4) is 5.75 Å². The lowest BCUT2D eigenvalue weighted by Gasteiger charge is -2.23. The van der Waals surface area contributed by atoms with E-state index >= 15 is 0 Å². The second kappa shape index (κ2) is 8.64. The first-order chi connectivity index (χ1) is 13.0. The number of aromatic hydroxyl groups is 1. The van der Waals surface area contributed by atoms with Crippen LogP contribution in [0.2, 0.25) is 10.0 Å². The van der Waals surface area contributed by atoms with Crippen LogP contribution in [0, 0.1) is 0 Å². The number of hydrogen-bond acceptors (Lipinski definition) is 2. The van der Waals surface area contributed by atoms with Gasteiger partial charge in [-0.05, 0) is 41.0 Å². The first-order valence-corrected chi connectivity index (χ1v) is 9.71. The Labute approximate surface area is 168 Å². The number of phenolic OH excluding ortho intramolecular Hbond substituents is 1. The quantitative estimate of drug-likeness (QED) is 0.512. The molecule has 0 spiro atoms. The highest BCUT2D eigenvalue weighted by Crippen LogP contribution is 2.38. The molecule has 0 bridgehead atoms. The number of benzene rings is 3. The number of rotatable bonds is 6. The van der Waals surface area contributed by atoms with Crippen LogP contribution >= 0.6 is 23.2 Å². The zero-order valence-corrected chi connectivity index (χ0v) is 16.5. The molecule has 3 nitrogen and oxygen atoms in total. The Bertz CT molecular complexity index is 972. The van der Waals surface area contributed by atoms with Crippen molar-refractivity contribution in [1.29, 1.82) is 0 Å². The van der Waals surface area contributed by atoms with E-state index in [2.05, 4.69) is 5.32 Å². The molecule has 0 fully saturated rings. The maximum atomic E-state index is 12.5. The van der Waals surface area contributed by atoms with E-state index < -0.39 is 6.04 Å². The van der Waals surface area contributed by atoms with Crippen molar-refractivity contribution in [2.45, 2.75) is 32.2 Å². The number of unbranched alkanes of at least 4 members (excludes halogenated alkanes) is 1. The first-order valence-electron chi connectivity index (χ1n) is 8.96. The largest absolute Gasteiger partial charge is 0.508 e. The molecular formula is C22H21Cl2NO2. The molecule has 3 aromatic carbocycles. The fourth-order valence-electron chi connectivity index (χ4n) is 3.20. The fraction of sp³-hybridized carbons (Fsp3) is 0.227. The molecule has 0 aliphatic rings. The molecule has 0 aliphatic heterocycles. The first kappa shape index (κ1) is 19.5. The minimum atomic E-state index is -0.578. The number of amides is 1.